The van der Waals surface area contributed by atoms with Gasteiger partial charge in [0.2, 0.25) is 5.91 Å². The van der Waals surface area contributed by atoms with E-state index in [0.29, 0.717) is 5.91 Å². The number of likely N-dealkylation sites (tertiary alicyclic amines) is 1. The molecular formula is C11H21ClN2O. The number of carbonyl (C=O) groups is 1. The second-order valence-corrected chi connectivity index (χ2v) is 4.43. The molecule has 3 nitrogen and oxygen atoms in total. The highest BCUT2D eigenvalue weighted by molar-refractivity contribution is 5.85. The molecular weight excluding hydrogens is 212 g/mol. The zero-order chi connectivity index (χ0) is 9.80. The molecule has 1 atom stereocenters. The molecule has 2 saturated heterocycles. The summed E-state index contributed by atoms with van der Waals surface area (Å²) >= 11 is 0. The van der Waals surface area contributed by atoms with E-state index in [-0.39, 0.29) is 18.3 Å². The van der Waals surface area contributed by atoms with Crippen molar-refractivity contribution in [2.45, 2.75) is 32.1 Å². The van der Waals surface area contributed by atoms with Crippen LogP contribution in [0.1, 0.15) is 32.1 Å². The quantitative estimate of drug-likeness (QED) is 0.742. The van der Waals surface area contributed by atoms with Gasteiger partial charge in [0, 0.05) is 19.6 Å². The molecule has 0 radical (unpaired) electrons. The second-order valence-electron chi connectivity index (χ2n) is 4.43. The van der Waals surface area contributed by atoms with E-state index in [2.05, 4.69) is 10.2 Å². The maximum atomic E-state index is 12.0. The fourth-order valence-corrected chi connectivity index (χ4v) is 2.41. The van der Waals surface area contributed by atoms with Crippen molar-refractivity contribution in [1.82, 2.24) is 10.2 Å². The van der Waals surface area contributed by atoms with Gasteiger partial charge in [-0.1, -0.05) is 12.8 Å². The number of nitrogens with zero attached hydrogens (tertiary/aromatic N) is 1. The van der Waals surface area contributed by atoms with Gasteiger partial charge in [-0.05, 0) is 25.8 Å². The third kappa shape index (κ3) is 3.35. The summed E-state index contributed by atoms with van der Waals surface area (Å²) < 4.78 is 0. The first kappa shape index (κ1) is 12.8. The molecule has 2 aliphatic rings. The van der Waals surface area contributed by atoms with Crippen LogP contribution in [0, 0.1) is 5.92 Å². The molecule has 0 unspecified atom stereocenters. The molecule has 1 N–H and O–H groups in total. The molecule has 0 spiro atoms. The van der Waals surface area contributed by atoms with Gasteiger partial charge in [0.1, 0.15) is 0 Å². The molecule has 0 aromatic heterocycles. The first-order valence-electron chi connectivity index (χ1n) is 5.87. The van der Waals surface area contributed by atoms with Gasteiger partial charge in [0.15, 0.2) is 0 Å². The third-order valence-corrected chi connectivity index (χ3v) is 3.33. The number of hydrogen-bond acceptors (Lipinski definition) is 2. The molecule has 2 rings (SSSR count). The fourth-order valence-electron chi connectivity index (χ4n) is 2.41. The van der Waals surface area contributed by atoms with E-state index >= 15 is 0 Å². The largest absolute Gasteiger partial charge is 0.342 e. The van der Waals surface area contributed by atoms with E-state index in [1.54, 1.807) is 0 Å². The first-order valence-corrected chi connectivity index (χ1v) is 5.87. The molecule has 0 bridgehead atoms. The Bertz CT molecular complexity index is 197. The molecule has 0 aromatic rings. The molecule has 2 fully saturated rings. The Labute approximate surface area is 98.0 Å². The van der Waals surface area contributed by atoms with Gasteiger partial charge < -0.3 is 10.2 Å². The van der Waals surface area contributed by atoms with Crippen molar-refractivity contribution in [3.8, 4) is 0 Å². The SMILES string of the molecule is Cl.O=C([C@@H]1CCNC1)N1CCCCCC1. The van der Waals surface area contributed by atoms with Gasteiger partial charge >= 0.3 is 0 Å². The molecule has 0 aliphatic carbocycles. The van der Waals surface area contributed by atoms with Gasteiger partial charge in [0.25, 0.3) is 0 Å². The number of halogens is 1. The van der Waals surface area contributed by atoms with Crippen LogP contribution in [0.4, 0.5) is 0 Å². The van der Waals surface area contributed by atoms with Crippen LogP contribution in [0.3, 0.4) is 0 Å². The van der Waals surface area contributed by atoms with Crippen LogP contribution in [0.15, 0.2) is 0 Å². The lowest BCUT2D eigenvalue weighted by Gasteiger charge is -2.23. The van der Waals surface area contributed by atoms with Crippen LogP contribution in [0.25, 0.3) is 0 Å². The van der Waals surface area contributed by atoms with Crippen molar-refractivity contribution < 1.29 is 4.79 Å². The van der Waals surface area contributed by atoms with Crippen LogP contribution >= 0.6 is 12.4 Å². The average Bonchev–Trinajstić information content (AvgIpc) is 2.59. The average molecular weight is 233 g/mol. The third-order valence-electron chi connectivity index (χ3n) is 3.33. The lowest BCUT2D eigenvalue weighted by molar-refractivity contribution is -0.134. The number of hydrogen-bond donors (Lipinski definition) is 1. The Morgan fingerprint density at radius 3 is 2.33 bits per heavy atom. The van der Waals surface area contributed by atoms with E-state index < -0.39 is 0 Å². The lowest BCUT2D eigenvalue weighted by Crippen LogP contribution is -2.37. The van der Waals surface area contributed by atoms with Crippen molar-refractivity contribution in [2.24, 2.45) is 5.92 Å². The minimum absolute atomic E-state index is 0. The standard InChI is InChI=1S/C11H20N2O.ClH/c14-11(10-5-6-12-9-10)13-7-3-1-2-4-8-13;/h10,12H,1-9H2;1H/t10-;/m1./s1. The van der Waals surface area contributed by atoms with Crippen molar-refractivity contribution in [3.63, 3.8) is 0 Å². The van der Waals surface area contributed by atoms with E-state index in [4.69, 9.17) is 0 Å². The zero-order valence-electron chi connectivity index (χ0n) is 9.21. The molecule has 0 saturated carbocycles. The molecule has 1 amide bonds. The Morgan fingerprint density at radius 2 is 1.80 bits per heavy atom. The summed E-state index contributed by atoms with van der Waals surface area (Å²) in [4.78, 5) is 14.1. The molecule has 15 heavy (non-hydrogen) atoms. The summed E-state index contributed by atoms with van der Waals surface area (Å²) in [7, 11) is 0. The Balaban J connectivity index is 0.00000112. The van der Waals surface area contributed by atoms with Gasteiger partial charge in [-0.15, -0.1) is 12.4 Å². The van der Waals surface area contributed by atoms with Crippen LogP contribution in [0.5, 0.6) is 0 Å². The molecule has 2 aliphatic heterocycles. The highest BCUT2D eigenvalue weighted by atomic mass is 35.5. The number of rotatable bonds is 1. The highest BCUT2D eigenvalue weighted by Gasteiger charge is 2.27. The minimum atomic E-state index is 0. The number of carbonyl (C=O) groups excluding carboxylic acids is 1. The number of amides is 1. The summed E-state index contributed by atoms with van der Waals surface area (Å²) in [6.07, 6.45) is 6.03. The predicted octanol–water partition coefficient (Wildman–Crippen LogP) is 1.42. The van der Waals surface area contributed by atoms with Crippen molar-refractivity contribution in [2.75, 3.05) is 26.2 Å². The molecule has 4 heteroatoms. The van der Waals surface area contributed by atoms with Gasteiger partial charge in [-0.3, -0.25) is 4.79 Å². The van der Waals surface area contributed by atoms with Crippen molar-refractivity contribution in [3.05, 3.63) is 0 Å². The summed E-state index contributed by atoms with van der Waals surface area (Å²) in [6.45, 7) is 3.91. The van der Waals surface area contributed by atoms with Gasteiger partial charge in [-0.2, -0.15) is 0 Å². The Kier molecular flexibility index (Phi) is 5.40. The topological polar surface area (TPSA) is 32.3 Å². The fraction of sp³-hybridized carbons (Fsp3) is 0.909. The predicted molar refractivity (Wildman–Crippen MR) is 63.3 cm³/mol. The van der Waals surface area contributed by atoms with Crippen LogP contribution in [-0.4, -0.2) is 37.0 Å². The smallest absolute Gasteiger partial charge is 0.227 e. The van der Waals surface area contributed by atoms with Crippen molar-refractivity contribution in [1.29, 1.82) is 0 Å². The maximum Gasteiger partial charge on any atom is 0.227 e. The first-order chi connectivity index (χ1) is 6.88. The minimum Gasteiger partial charge on any atom is -0.342 e. The summed E-state index contributed by atoms with van der Waals surface area (Å²) in [5, 5.41) is 3.26. The highest BCUT2D eigenvalue weighted by Crippen LogP contribution is 2.16. The second kappa shape index (κ2) is 6.33. The summed E-state index contributed by atoms with van der Waals surface area (Å²) in [6, 6.07) is 0. The summed E-state index contributed by atoms with van der Waals surface area (Å²) in [5.74, 6) is 0.671. The normalized spacial score (nSPS) is 26.9. The monoisotopic (exact) mass is 232 g/mol. The molecule has 88 valence electrons. The summed E-state index contributed by atoms with van der Waals surface area (Å²) in [5.41, 5.74) is 0. The van der Waals surface area contributed by atoms with E-state index in [9.17, 15) is 4.79 Å². The van der Waals surface area contributed by atoms with E-state index in [1.165, 1.54) is 25.7 Å². The van der Waals surface area contributed by atoms with E-state index in [0.717, 1.165) is 32.6 Å². The number of nitrogens with one attached hydrogen (secondary N) is 1. The molecule has 2 heterocycles. The maximum absolute atomic E-state index is 12.0. The molecule has 0 aromatic carbocycles. The van der Waals surface area contributed by atoms with Gasteiger partial charge in [0.05, 0.1) is 5.92 Å². The zero-order valence-corrected chi connectivity index (χ0v) is 10.0. The Hall–Kier alpha value is -0.280. The van der Waals surface area contributed by atoms with Crippen LogP contribution in [0.2, 0.25) is 0 Å². The van der Waals surface area contributed by atoms with Crippen LogP contribution in [-0.2, 0) is 4.79 Å². The Morgan fingerprint density at radius 1 is 1.13 bits per heavy atom. The van der Waals surface area contributed by atoms with Crippen molar-refractivity contribution >= 4 is 18.3 Å². The lowest BCUT2D eigenvalue weighted by atomic mass is 10.1. The van der Waals surface area contributed by atoms with Gasteiger partial charge in [-0.25, -0.2) is 0 Å². The van der Waals surface area contributed by atoms with E-state index in [1.807, 2.05) is 0 Å². The van der Waals surface area contributed by atoms with Crippen LogP contribution < -0.4 is 5.32 Å².